The molecule has 4 nitrogen and oxygen atoms in total. The number of nitrogens with one attached hydrogen (secondary N) is 1. The molecule has 1 aromatic heterocycles. The van der Waals surface area contributed by atoms with Gasteiger partial charge in [0.2, 0.25) is 11.0 Å². The molecule has 1 N–H and O–H groups in total. The molecule has 1 heterocycles. The Labute approximate surface area is 136 Å². The van der Waals surface area contributed by atoms with Crippen molar-refractivity contribution in [3.8, 4) is 0 Å². The molecule has 2 rings (SSSR count). The van der Waals surface area contributed by atoms with E-state index in [1.54, 1.807) is 0 Å². The third kappa shape index (κ3) is 4.63. The topological polar surface area (TPSA) is 54.9 Å². The third-order valence-electron chi connectivity index (χ3n) is 3.31. The second-order valence-corrected chi connectivity index (χ2v) is 7.66. The second kappa shape index (κ2) is 7.01. The van der Waals surface area contributed by atoms with Crippen molar-refractivity contribution in [2.45, 2.75) is 46.5 Å². The summed E-state index contributed by atoms with van der Waals surface area (Å²) in [6.07, 6.45) is 1.61. The highest BCUT2D eigenvalue weighted by Gasteiger charge is 2.21. The van der Waals surface area contributed by atoms with Crippen LogP contribution in [0.5, 0.6) is 0 Å². The minimum atomic E-state index is -0.156. The summed E-state index contributed by atoms with van der Waals surface area (Å²) in [6, 6.07) is 9.84. The molecular weight excluding hydrogens is 294 g/mol. The third-order valence-corrected chi connectivity index (χ3v) is 4.14. The van der Waals surface area contributed by atoms with Gasteiger partial charge in [0.1, 0.15) is 5.01 Å². The van der Waals surface area contributed by atoms with Gasteiger partial charge in [0.05, 0.1) is 5.92 Å². The first-order valence-electron chi connectivity index (χ1n) is 7.57. The quantitative estimate of drug-likeness (QED) is 0.896. The van der Waals surface area contributed by atoms with Gasteiger partial charge in [-0.25, -0.2) is 0 Å². The smallest absolute Gasteiger partial charge is 0.233 e. The summed E-state index contributed by atoms with van der Waals surface area (Å²) < 4.78 is 0. The second-order valence-electron chi connectivity index (χ2n) is 6.60. The molecule has 0 fully saturated rings. The lowest BCUT2D eigenvalue weighted by molar-refractivity contribution is -0.117. The number of aromatic nitrogens is 2. The Morgan fingerprint density at radius 1 is 1.23 bits per heavy atom. The van der Waals surface area contributed by atoms with E-state index in [1.165, 1.54) is 11.3 Å². The summed E-state index contributed by atoms with van der Waals surface area (Å²) in [5.74, 6) is -0.177. The van der Waals surface area contributed by atoms with Crippen molar-refractivity contribution >= 4 is 22.4 Å². The zero-order valence-corrected chi connectivity index (χ0v) is 14.4. The molecule has 2 aromatic rings. The summed E-state index contributed by atoms with van der Waals surface area (Å²) in [6.45, 7) is 8.50. The molecule has 1 amide bonds. The first-order chi connectivity index (χ1) is 10.4. The predicted molar refractivity (Wildman–Crippen MR) is 91.2 cm³/mol. The van der Waals surface area contributed by atoms with Crippen molar-refractivity contribution in [1.29, 1.82) is 0 Å². The molecule has 0 radical (unpaired) electrons. The van der Waals surface area contributed by atoms with Crippen molar-refractivity contribution in [2.24, 2.45) is 5.41 Å². The Morgan fingerprint density at radius 2 is 1.91 bits per heavy atom. The van der Waals surface area contributed by atoms with Crippen molar-refractivity contribution in [1.82, 2.24) is 10.2 Å². The van der Waals surface area contributed by atoms with Gasteiger partial charge in [0.25, 0.3) is 0 Å². The number of rotatable bonds is 5. The van der Waals surface area contributed by atoms with Gasteiger partial charge in [-0.05, 0) is 17.4 Å². The van der Waals surface area contributed by atoms with Crippen LogP contribution in [0, 0.1) is 5.41 Å². The molecule has 0 aliphatic carbocycles. The number of nitrogens with zero attached hydrogens (tertiary/aromatic N) is 2. The Morgan fingerprint density at radius 3 is 2.50 bits per heavy atom. The van der Waals surface area contributed by atoms with Gasteiger partial charge < -0.3 is 0 Å². The van der Waals surface area contributed by atoms with E-state index >= 15 is 0 Å². The molecule has 0 unspecified atom stereocenters. The van der Waals surface area contributed by atoms with E-state index < -0.39 is 0 Å². The van der Waals surface area contributed by atoms with Gasteiger partial charge in [0, 0.05) is 6.42 Å². The zero-order chi connectivity index (χ0) is 16.2. The fraction of sp³-hybridized carbons (Fsp3) is 0.471. The zero-order valence-electron chi connectivity index (χ0n) is 13.6. The summed E-state index contributed by atoms with van der Waals surface area (Å²) in [7, 11) is 0. The Balaban J connectivity index is 2.05. The average molecular weight is 317 g/mol. The van der Waals surface area contributed by atoms with E-state index in [2.05, 4.69) is 36.3 Å². The van der Waals surface area contributed by atoms with E-state index in [9.17, 15) is 4.79 Å². The Kier molecular flexibility index (Phi) is 5.29. The summed E-state index contributed by atoms with van der Waals surface area (Å²) in [5, 5.41) is 12.7. The lowest BCUT2D eigenvalue weighted by Crippen LogP contribution is -2.20. The first kappa shape index (κ1) is 16.6. The van der Waals surface area contributed by atoms with E-state index in [-0.39, 0.29) is 17.2 Å². The van der Waals surface area contributed by atoms with Crippen molar-refractivity contribution < 1.29 is 4.79 Å². The highest BCUT2D eigenvalue weighted by Crippen LogP contribution is 2.26. The molecule has 0 saturated carbocycles. The predicted octanol–water partition coefficient (Wildman–Crippen LogP) is 4.26. The molecule has 0 aliphatic rings. The fourth-order valence-corrected chi connectivity index (χ4v) is 3.32. The average Bonchev–Trinajstić information content (AvgIpc) is 2.85. The number of carbonyl (C=O) groups is 1. The molecule has 22 heavy (non-hydrogen) atoms. The van der Waals surface area contributed by atoms with Gasteiger partial charge in [0.15, 0.2) is 0 Å². The molecule has 1 aromatic carbocycles. The number of hydrogen-bond donors (Lipinski definition) is 1. The largest absolute Gasteiger partial charge is 0.300 e. The van der Waals surface area contributed by atoms with Crippen LogP contribution in [0.4, 0.5) is 5.13 Å². The highest BCUT2D eigenvalue weighted by atomic mass is 32.1. The SMILES string of the molecule is CC[C@H](C(=O)Nc1nnc(CC(C)(C)C)s1)c1ccccc1. The number of amides is 1. The minimum Gasteiger partial charge on any atom is -0.300 e. The lowest BCUT2D eigenvalue weighted by Gasteiger charge is -2.15. The molecular formula is C17H23N3OS. The maximum Gasteiger partial charge on any atom is 0.233 e. The molecule has 118 valence electrons. The first-order valence-corrected chi connectivity index (χ1v) is 8.39. The lowest BCUT2D eigenvalue weighted by atomic mass is 9.93. The van der Waals surface area contributed by atoms with Crippen LogP contribution >= 0.6 is 11.3 Å². The number of anilines is 1. The van der Waals surface area contributed by atoms with E-state index in [4.69, 9.17) is 0 Å². The maximum atomic E-state index is 12.5. The molecule has 0 saturated heterocycles. The fourth-order valence-electron chi connectivity index (χ4n) is 2.28. The van der Waals surface area contributed by atoms with Crippen LogP contribution in [0.1, 0.15) is 50.6 Å². The van der Waals surface area contributed by atoms with Crippen LogP contribution in [0.3, 0.4) is 0 Å². The van der Waals surface area contributed by atoms with Crippen LogP contribution in [0.25, 0.3) is 0 Å². The van der Waals surface area contributed by atoms with Crippen LogP contribution in [0.15, 0.2) is 30.3 Å². The van der Waals surface area contributed by atoms with Gasteiger partial charge >= 0.3 is 0 Å². The number of carbonyl (C=O) groups excluding carboxylic acids is 1. The summed E-state index contributed by atoms with van der Waals surface area (Å²) in [4.78, 5) is 12.5. The molecule has 0 aliphatic heterocycles. The summed E-state index contributed by atoms with van der Waals surface area (Å²) in [5.41, 5.74) is 1.19. The number of hydrogen-bond acceptors (Lipinski definition) is 4. The Bertz CT molecular complexity index is 616. The van der Waals surface area contributed by atoms with Crippen molar-refractivity contribution in [3.05, 3.63) is 40.9 Å². The van der Waals surface area contributed by atoms with Crippen LogP contribution in [-0.4, -0.2) is 16.1 Å². The normalized spacial score (nSPS) is 12.9. The van der Waals surface area contributed by atoms with Gasteiger partial charge in [-0.2, -0.15) is 0 Å². The monoisotopic (exact) mass is 317 g/mol. The van der Waals surface area contributed by atoms with Crippen molar-refractivity contribution in [3.63, 3.8) is 0 Å². The van der Waals surface area contributed by atoms with Gasteiger partial charge in [-0.15, -0.1) is 10.2 Å². The van der Waals surface area contributed by atoms with Crippen molar-refractivity contribution in [2.75, 3.05) is 5.32 Å². The maximum absolute atomic E-state index is 12.5. The number of benzene rings is 1. The minimum absolute atomic E-state index is 0.0211. The van der Waals surface area contributed by atoms with Crippen LogP contribution in [0.2, 0.25) is 0 Å². The summed E-state index contributed by atoms with van der Waals surface area (Å²) >= 11 is 1.46. The molecule has 1 atom stereocenters. The molecule has 0 spiro atoms. The van der Waals surface area contributed by atoms with E-state index in [0.717, 1.165) is 23.4 Å². The van der Waals surface area contributed by atoms with Gasteiger partial charge in [-0.1, -0.05) is 69.4 Å². The highest BCUT2D eigenvalue weighted by molar-refractivity contribution is 7.15. The molecule has 5 heteroatoms. The molecule has 0 bridgehead atoms. The standard InChI is InChI=1S/C17H23N3OS/c1-5-13(12-9-7-6-8-10-12)15(21)18-16-20-19-14(22-16)11-17(2,3)4/h6-10,13H,5,11H2,1-4H3,(H,18,20,21)/t13-/m0/s1. The van der Waals surface area contributed by atoms with Crippen LogP contribution in [-0.2, 0) is 11.2 Å². The van der Waals surface area contributed by atoms with Crippen LogP contribution < -0.4 is 5.32 Å². The van der Waals surface area contributed by atoms with E-state index in [0.29, 0.717) is 5.13 Å². The van der Waals surface area contributed by atoms with E-state index in [1.807, 2.05) is 37.3 Å². The Hall–Kier alpha value is -1.75. The van der Waals surface area contributed by atoms with Gasteiger partial charge in [-0.3, -0.25) is 10.1 Å².